The number of nitrogens with zero attached hydrogens (tertiary/aromatic N) is 1. The number of oxazole rings is 1. The Hall–Kier alpha value is -3.48. The number of amides is 2. The van der Waals surface area contributed by atoms with Gasteiger partial charge in [0.2, 0.25) is 17.7 Å². The lowest BCUT2D eigenvalue weighted by molar-refractivity contribution is -0.124. The molecule has 132 valence electrons. The summed E-state index contributed by atoms with van der Waals surface area (Å²) in [5, 5.41) is 5.35. The van der Waals surface area contributed by atoms with Crippen molar-refractivity contribution in [3.63, 3.8) is 0 Å². The van der Waals surface area contributed by atoms with Crippen LogP contribution in [0, 0.1) is 0 Å². The molecule has 7 nitrogen and oxygen atoms in total. The van der Waals surface area contributed by atoms with Gasteiger partial charge in [-0.25, -0.2) is 4.98 Å². The zero-order chi connectivity index (χ0) is 18.7. The smallest absolute Gasteiger partial charge is 0.231 e. The summed E-state index contributed by atoms with van der Waals surface area (Å²) in [6.45, 7) is 2.81. The molecule has 3 aromatic rings. The van der Waals surface area contributed by atoms with Crippen molar-refractivity contribution in [3.8, 4) is 11.5 Å². The molecule has 1 heterocycles. The molecule has 2 aromatic carbocycles. The summed E-state index contributed by atoms with van der Waals surface area (Å²) >= 11 is 0. The predicted octanol–water partition coefficient (Wildman–Crippen LogP) is 3.37. The van der Waals surface area contributed by atoms with Crippen LogP contribution < -0.4 is 10.6 Å². The van der Waals surface area contributed by atoms with Gasteiger partial charge >= 0.3 is 0 Å². The van der Waals surface area contributed by atoms with E-state index in [4.69, 9.17) is 4.42 Å². The lowest BCUT2D eigenvalue weighted by Crippen LogP contribution is -2.14. The molecule has 3 rings (SSSR count). The number of hydrogen-bond donors (Lipinski definition) is 2. The maximum atomic E-state index is 11.6. The minimum atomic E-state index is -0.349. The number of hydrogen-bond acceptors (Lipinski definition) is 5. The van der Waals surface area contributed by atoms with Crippen molar-refractivity contribution in [2.75, 3.05) is 10.6 Å². The molecule has 0 atom stereocenters. The molecule has 0 spiro atoms. The second-order valence-corrected chi connectivity index (χ2v) is 5.89. The van der Waals surface area contributed by atoms with E-state index in [0.29, 0.717) is 28.4 Å². The molecule has 0 aliphatic rings. The lowest BCUT2D eigenvalue weighted by atomic mass is 10.2. The van der Waals surface area contributed by atoms with E-state index < -0.39 is 0 Å². The predicted molar refractivity (Wildman–Crippen MR) is 97.7 cm³/mol. The van der Waals surface area contributed by atoms with Crippen LogP contribution in [0.4, 0.5) is 11.4 Å². The second kappa shape index (κ2) is 7.18. The van der Waals surface area contributed by atoms with Crippen molar-refractivity contribution in [1.82, 2.24) is 4.98 Å². The average Bonchev–Trinajstić information content (AvgIpc) is 2.97. The summed E-state index contributed by atoms with van der Waals surface area (Å²) in [5.74, 6) is -0.265. The molecule has 0 radical (unpaired) electrons. The molecule has 0 aliphatic carbocycles. The van der Waals surface area contributed by atoms with Crippen molar-refractivity contribution >= 4 is 40.1 Å². The highest BCUT2D eigenvalue weighted by Crippen LogP contribution is 2.27. The van der Waals surface area contributed by atoms with E-state index in [0.717, 1.165) is 5.56 Å². The molecule has 1 aromatic heterocycles. The second-order valence-electron chi connectivity index (χ2n) is 5.89. The van der Waals surface area contributed by atoms with Crippen molar-refractivity contribution in [1.29, 1.82) is 0 Å². The van der Waals surface area contributed by atoms with Gasteiger partial charge in [0, 0.05) is 23.9 Å². The molecule has 0 saturated heterocycles. The monoisotopic (exact) mass is 351 g/mol. The van der Waals surface area contributed by atoms with Gasteiger partial charge in [0.1, 0.15) is 11.3 Å². The number of nitrogens with one attached hydrogen (secondary N) is 2. The van der Waals surface area contributed by atoms with Crippen LogP contribution in [-0.4, -0.2) is 22.6 Å². The fraction of sp³-hybridized carbons (Fsp3) is 0.158. The normalized spacial score (nSPS) is 10.5. The summed E-state index contributed by atoms with van der Waals surface area (Å²) in [5.41, 5.74) is 3.21. The zero-order valence-electron chi connectivity index (χ0n) is 14.3. The third-order valence-electron chi connectivity index (χ3n) is 3.53. The number of anilines is 2. The Balaban J connectivity index is 1.79. The van der Waals surface area contributed by atoms with Crippen molar-refractivity contribution in [3.05, 3.63) is 42.5 Å². The standard InChI is InChI=1S/C19H17N3O4/c1-11(23)9-18(25)21-14-5-3-13(4-6-14)19-22-16-10-15(20-12(2)24)7-8-17(16)26-19/h3-8,10H,9H2,1-2H3,(H,20,24)(H,21,25). The molecule has 2 amide bonds. The fourth-order valence-corrected chi connectivity index (χ4v) is 2.46. The third kappa shape index (κ3) is 4.13. The van der Waals surface area contributed by atoms with E-state index in [1.165, 1.54) is 13.8 Å². The van der Waals surface area contributed by atoms with Crippen LogP contribution in [-0.2, 0) is 14.4 Å². The van der Waals surface area contributed by atoms with Gasteiger partial charge in [0.05, 0.1) is 6.42 Å². The number of ketones is 1. The third-order valence-corrected chi connectivity index (χ3v) is 3.53. The van der Waals surface area contributed by atoms with Gasteiger partial charge < -0.3 is 15.1 Å². The maximum absolute atomic E-state index is 11.6. The van der Waals surface area contributed by atoms with E-state index in [9.17, 15) is 14.4 Å². The number of fused-ring (bicyclic) bond motifs is 1. The molecule has 0 bridgehead atoms. The van der Waals surface area contributed by atoms with Crippen LogP contribution in [0.25, 0.3) is 22.6 Å². The SMILES string of the molecule is CC(=O)CC(=O)Nc1ccc(-c2nc3cc(NC(C)=O)ccc3o2)cc1. The highest BCUT2D eigenvalue weighted by molar-refractivity contribution is 6.03. The van der Waals surface area contributed by atoms with Gasteiger partial charge in [0.25, 0.3) is 0 Å². The summed E-state index contributed by atoms with van der Waals surface area (Å²) in [6, 6.07) is 12.2. The molecule has 2 N–H and O–H groups in total. The number of aromatic nitrogens is 1. The number of carbonyl (C=O) groups is 3. The van der Waals surface area contributed by atoms with Gasteiger partial charge in [-0.2, -0.15) is 0 Å². The van der Waals surface area contributed by atoms with Crippen molar-refractivity contribution in [2.45, 2.75) is 20.3 Å². The van der Waals surface area contributed by atoms with Crippen LogP contribution >= 0.6 is 0 Å². The minimum Gasteiger partial charge on any atom is -0.436 e. The summed E-state index contributed by atoms with van der Waals surface area (Å²) < 4.78 is 5.73. The van der Waals surface area contributed by atoms with Crippen LogP contribution in [0.2, 0.25) is 0 Å². The number of rotatable bonds is 5. The molecule has 0 fully saturated rings. The number of benzene rings is 2. The Morgan fingerprint density at radius 2 is 1.65 bits per heavy atom. The van der Waals surface area contributed by atoms with Crippen LogP contribution in [0.3, 0.4) is 0 Å². The van der Waals surface area contributed by atoms with Gasteiger partial charge in [-0.05, 0) is 49.4 Å². The summed E-state index contributed by atoms with van der Waals surface area (Å²) in [7, 11) is 0. The number of carbonyl (C=O) groups excluding carboxylic acids is 3. The average molecular weight is 351 g/mol. The zero-order valence-corrected chi connectivity index (χ0v) is 14.3. The molecule has 26 heavy (non-hydrogen) atoms. The molecule has 7 heteroatoms. The largest absolute Gasteiger partial charge is 0.436 e. The van der Waals surface area contributed by atoms with Crippen LogP contribution in [0.15, 0.2) is 46.9 Å². The highest BCUT2D eigenvalue weighted by Gasteiger charge is 2.10. The van der Waals surface area contributed by atoms with Gasteiger partial charge in [-0.15, -0.1) is 0 Å². The molecular weight excluding hydrogens is 334 g/mol. The molecule has 0 unspecified atom stereocenters. The molecular formula is C19H17N3O4. The molecule has 0 aliphatic heterocycles. The Kier molecular flexibility index (Phi) is 4.79. The first-order valence-electron chi connectivity index (χ1n) is 7.98. The first kappa shape index (κ1) is 17.3. The maximum Gasteiger partial charge on any atom is 0.231 e. The summed E-state index contributed by atoms with van der Waals surface area (Å²) in [6.07, 6.45) is -0.149. The quantitative estimate of drug-likeness (QED) is 0.686. The first-order chi connectivity index (χ1) is 12.4. The Labute approximate surface area is 149 Å². The van der Waals surface area contributed by atoms with E-state index in [-0.39, 0.29) is 24.0 Å². The Morgan fingerprint density at radius 3 is 2.31 bits per heavy atom. The van der Waals surface area contributed by atoms with Gasteiger partial charge in [-0.3, -0.25) is 14.4 Å². The highest BCUT2D eigenvalue weighted by atomic mass is 16.3. The Morgan fingerprint density at radius 1 is 0.962 bits per heavy atom. The van der Waals surface area contributed by atoms with Gasteiger partial charge in [0.15, 0.2) is 5.58 Å². The van der Waals surface area contributed by atoms with E-state index in [1.807, 2.05) is 0 Å². The van der Waals surface area contributed by atoms with Gasteiger partial charge in [-0.1, -0.05) is 0 Å². The molecule has 0 saturated carbocycles. The van der Waals surface area contributed by atoms with Crippen LogP contribution in [0.1, 0.15) is 20.3 Å². The van der Waals surface area contributed by atoms with Crippen molar-refractivity contribution < 1.29 is 18.8 Å². The first-order valence-corrected chi connectivity index (χ1v) is 7.98. The van der Waals surface area contributed by atoms with E-state index >= 15 is 0 Å². The van der Waals surface area contributed by atoms with E-state index in [1.54, 1.807) is 42.5 Å². The topological polar surface area (TPSA) is 101 Å². The summed E-state index contributed by atoms with van der Waals surface area (Å²) in [4.78, 5) is 38.1. The van der Waals surface area contributed by atoms with Crippen LogP contribution in [0.5, 0.6) is 0 Å². The van der Waals surface area contributed by atoms with E-state index in [2.05, 4.69) is 15.6 Å². The fourth-order valence-electron chi connectivity index (χ4n) is 2.46. The Bertz CT molecular complexity index is 990. The minimum absolute atomic E-state index is 0.149. The lowest BCUT2D eigenvalue weighted by Gasteiger charge is -2.04. The van der Waals surface area contributed by atoms with Crippen molar-refractivity contribution in [2.24, 2.45) is 0 Å². The number of Topliss-reactive ketones (excluding diaryl/α,β-unsaturated/α-hetero) is 1.